The molecule has 1 rings (SSSR count). The van der Waals surface area contributed by atoms with Crippen molar-refractivity contribution in [1.82, 2.24) is 5.48 Å². The molecule has 2 amide bonds. The Morgan fingerprint density at radius 3 is 2.71 bits per heavy atom. The van der Waals surface area contributed by atoms with Crippen LogP contribution in [-0.2, 0) is 9.63 Å². The third kappa shape index (κ3) is 4.03. The quantitative estimate of drug-likeness (QED) is 0.694. The fraction of sp³-hybridized carbons (Fsp3) is 0.111. The summed E-state index contributed by atoms with van der Waals surface area (Å²) >= 11 is 0. The summed E-state index contributed by atoms with van der Waals surface area (Å²) in [6, 6.07) is 2.21. The third-order valence-corrected chi connectivity index (χ3v) is 1.56. The van der Waals surface area contributed by atoms with Gasteiger partial charge in [0.25, 0.3) is 0 Å². The van der Waals surface area contributed by atoms with Gasteiger partial charge in [-0.05, 0) is 12.1 Å². The molecule has 0 aliphatic rings. The summed E-state index contributed by atoms with van der Waals surface area (Å²) in [5.41, 5.74) is 1.30. The second-order valence-corrected chi connectivity index (χ2v) is 2.84. The molecule has 17 heavy (non-hydrogen) atoms. The topological polar surface area (TPSA) is 87.7 Å². The smallest absolute Gasteiger partial charge is 0.343 e. The largest absolute Gasteiger partial charge is 0.479 e. The molecule has 1 aromatic rings. The molecule has 0 bridgehead atoms. The molecule has 3 N–H and O–H groups in total. The Hall–Kier alpha value is -2.22. The minimum Gasteiger partial charge on any atom is -0.479 e. The maximum atomic E-state index is 13.1. The number of urea groups is 1. The van der Waals surface area contributed by atoms with Crippen molar-refractivity contribution in [3.05, 3.63) is 29.8 Å². The van der Waals surface area contributed by atoms with E-state index < -0.39 is 30.2 Å². The van der Waals surface area contributed by atoms with Crippen LogP contribution in [0.25, 0.3) is 0 Å². The lowest BCUT2D eigenvalue weighted by molar-refractivity contribution is -0.143. The number of anilines is 1. The number of carbonyl (C=O) groups excluding carboxylic acids is 1. The molecule has 0 atom stereocenters. The number of halogens is 2. The number of aliphatic carboxylic acids is 1. The van der Waals surface area contributed by atoms with Gasteiger partial charge < -0.3 is 10.4 Å². The van der Waals surface area contributed by atoms with Crippen LogP contribution in [0.15, 0.2) is 18.2 Å². The second kappa shape index (κ2) is 5.75. The fourth-order valence-corrected chi connectivity index (χ4v) is 0.912. The van der Waals surface area contributed by atoms with Crippen LogP contribution in [-0.4, -0.2) is 23.7 Å². The lowest BCUT2D eigenvalue weighted by Crippen LogP contribution is -2.31. The lowest BCUT2D eigenvalue weighted by Gasteiger charge is -2.07. The van der Waals surface area contributed by atoms with Crippen molar-refractivity contribution in [3.8, 4) is 0 Å². The number of amides is 2. The van der Waals surface area contributed by atoms with Crippen LogP contribution in [0.3, 0.4) is 0 Å². The molecule has 0 spiro atoms. The Morgan fingerprint density at radius 2 is 2.06 bits per heavy atom. The fourth-order valence-electron chi connectivity index (χ4n) is 0.912. The molecular formula is C9H8F2N2O4. The first kappa shape index (κ1) is 12.8. The summed E-state index contributed by atoms with van der Waals surface area (Å²) in [6.07, 6.45) is 0. The number of carbonyl (C=O) groups is 2. The zero-order chi connectivity index (χ0) is 12.8. The standard InChI is InChI=1S/C9H8F2N2O4/c10-5-2-1-3-6(8(5)11)12-9(16)13-17-4-7(14)15/h1-3H,4H2,(H,14,15)(H2,12,13,16). The predicted octanol–water partition coefficient (Wildman–Crippen LogP) is 1.10. The molecule has 1 aromatic carbocycles. The van der Waals surface area contributed by atoms with E-state index in [0.717, 1.165) is 12.1 Å². The predicted molar refractivity (Wildman–Crippen MR) is 52.1 cm³/mol. The summed E-state index contributed by atoms with van der Waals surface area (Å²) in [4.78, 5) is 25.3. The summed E-state index contributed by atoms with van der Waals surface area (Å²) in [7, 11) is 0. The Bertz CT molecular complexity index is 439. The Balaban J connectivity index is 2.51. The van der Waals surface area contributed by atoms with Gasteiger partial charge in [0.1, 0.15) is 0 Å². The first-order chi connectivity index (χ1) is 8.00. The van der Waals surface area contributed by atoms with Crippen molar-refractivity contribution in [2.75, 3.05) is 11.9 Å². The van der Waals surface area contributed by atoms with Crippen LogP contribution >= 0.6 is 0 Å². The number of hydrogen-bond acceptors (Lipinski definition) is 3. The van der Waals surface area contributed by atoms with E-state index in [1.54, 1.807) is 5.48 Å². The molecular weight excluding hydrogens is 238 g/mol. The van der Waals surface area contributed by atoms with E-state index in [1.807, 2.05) is 5.32 Å². The maximum Gasteiger partial charge on any atom is 0.343 e. The van der Waals surface area contributed by atoms with Crippen LogP contribution in [0.1, 0.15) is 0 Å². The van der Waals surface area contributed by atoms with E-state index in [2.05, 4.69) is 4.84 Å². The highest BCUT2D eigenvalue weighted by molar-refractivity contribution is 5.88. The number of carboxylic acid groups (broad SMARTS) is 1. The summed E-state index contributed by atoms with van der Waals surface area (Å²) in [6.45, 7) is -0.751. The summed E-state index contributed by atoms with van der Waals surface area (Å²) in [5.74, 6) is -3.63. The van der Waals surface area contributed by atoms with Crippen LogP contribution in [0.4, 0.5) is 19.3 Å². The normalized spacial score (nSPS) is 9.76. The zero-order valence-corrected chi connectivity index (χ0v) is 8.37. The molecule has 92 valence electrons. The minimum atomic E-state index is -1.29. The molecule has 0 radical (unpaired) electrons. The second-order valence-electron chi connectivity index (χ2n) is 2.84. The number of nitrogens with one attached hydrogen (secondary N) is 2. The summed E-state index contributed by atoms with van der Waals surface area (Å²) < 4.78 is 25.8. The minimum absolute atomic E-state index is 0.388. The van der Waals surface area contributed by atoms with Crippen LogP contribution in [0.2, 0.25) is 0 Å². The lowest BCUT2D eigenvalue weighted by atomic mass is 10.3. The third-order valence-electron chi connectivity index (χ3n) is 1.56. The van der Waals surface area contributed by atoms with Gasteiger partial charge in [-0.15, -0.1) is 0 Å². The van der Waals surface area contributed by atoms with Crippen LogP contribution in [0.5, 0.6) is 0 Å². The molecule has 0 aliphatic carbocycles. The van der Waals surface area contributed by atoms with Gasteiger partial charge in [-0.3, -0.25) is 4.84 Å². The molecule has 0 saturated carbocycles. The van der Waals surface area contributed by atoms with Crippen molar-refractivity contribution in [2.45, 2.75) is 0 Å². The van der Waals surface area contributed by atoms with Gasteiger partial charge in [0.05, 0.1) is 5.69 Å². The molecule has 6 nitrogen and oxygen atoms in total. The number of carboxylic acids is 1. The summed E-state index contributed by atoms with van der Waals surface area (Å²) in [5, 5.41) is 10.1. The van der Waals surface area contributed by atoms with Crippen molar-refractivity contribution in [2.24, 2.45) is 0 Å². The molecule has 0 fully saturated rings. The molecule has 0 heterocycles. The van der Waals surface area contributed by atoms with E-state index >= 15 is 0 Å². The van der Waals surface area contributed by atoms with Gasteiger partial charge >= 0.3 is 12.0 Å². The van der Waals surface area contributed by atoms with E-state index in [9.17, 15) is 18.4 Å². The van der Waals surface area contributed by atoms with Crippen molar-refractivity contribution < 1.29 is 28.3 Å². The van der Waals surface area contributed by atoms with Gasteiger partial charge in [0.15, 0.2) is 18.2 Å². The van der Waals surface area contributed by atoms with E-state index in [-0.39, 0.29) is 5.69 Å². The number of hydroxylamine groups is 1. The highest BCUT2D eigenvalue weighted by Gasteiger charge is 2.10. The number of hydrogen-bond donors (Lipinski definition) is 3. The Morgan fingerprint density at radius 1 is 1.35 bits per heavy atom. The molecule has 0 aliphatic heterocycles. The Kier molecular flexibility index (Phi) is 4.35. The van der Waals surface area contributed by atoms with E-state index in [1.165, 1.54) is 6.07 Å². The van der Waals surface area contributed by atoms with Gasteiger partial charge in [0, 0.05) is 0 Å². The van der Waals surface area contributed by atoms with Gasteiger partial charge in [-0.2, -0.15) is 0 Å². The van der Waals surface area contributed by atoms with Crippen molar-refractivity contribution in [1.29, 1.82) is 0 Å². The SMILES string of the molecule is O=C(O)CONC(=O)Nc1cccc(F)c1F. The van der Waals surface area contributed by atoms with Gasteiger partial charge in [-0.1, -0.05) is 6.07 Å². The van der Waals surface area contributed by atoms with Gasteiger partial charge in [-0.25, -0.2) is 23.9 Å². The van der Waals surface area contributed by atoms with Crippen LogP contribution in [0, 0.1) is 11.6 Å². The monoisotopic (exact) mass is 246 g/mol. The zero-order valence-electron chi connectivity index (χ0n) is 8.37. The first-order valence-corrected chi connectivity index (χ1v) is 4.35. The Labute approximate surface area is 94.1 Å². The number of benzene rings is 1. The first-order valence-electron chi connectivity index (χ1n) is 4.35. The number of rotatable bonds is 4. The van der Waals surface area contributed by atoms with Crippen molar-refractivity contribution in [3.63, 3.8) is 0 Å². The van der Waals surface area contributed by atoms with Crippen molar-refractivity contribution >= 4 is 17.7 Å². The highest BCUT2D eigenvalue weighted by atomic mass is 19.2. The molecule has 8 heteroatoms. The molecule has 0 saturated heterocycles. The highest BCUT2D eigenvalue weighted by Crippen LogP contribution is 2.15. The average molecular weight is 246 g/mol. The maximum absolute atomic E-state index is 13.1. The van der Waals surface area contributed by atoms with Gasteiger partial charge in [0.2, 0.25) is 0 Å². The van der Waals surface area contributed by atoms with E-state index in [0.29, 0.717) is 0 Å². The molecule has 0 unspecified atom stereocenters. The van der Waals surface area contributed by atoms with Crippen LogP contribution < -0.4 is 10.8 Å². The van der Waals surface area contributed by atoms with E-state index in [4.69, 9.17) is 5.11 Å². The molecule has 0 aromatic heterocycles. The average Bonchev–Trinajstić information content (AvgIpc) is 2.24.